The monoisotopic (exact) mass is 341 g/mol. The van der Waals surface area contributed by atoms with Gasteiger partial charge in [-0.15, -0.1) is 0 Å². The van der Waals surface area contributed by atoms with E-state index in [0.29, 0.717) is 23.0 Å². The van der Waals surface area contributed by atoms with Crippen molar-refractivity contribution < 1.29 is 4.39 Å². The summed E-state index contributed by atoms with van der Waals surface area (Å²) in [6.45, 7) is 1.92. The number of aryl methyl sites for hydroxylation is 1. The molecule has 126 valence electrons. The lowest BCUT2D eigenvalue weighted by Crippen LogP contribution is -2.01. The molecule has 0 aliphatic heterocycles. The summed E-state index contributed by atoms with van der Waals surface area (Å²) >= 11 is 0. The average molecular weight is 341 g/mol. The first-order valence-corrected chi connectivity index (χ1v) is 8.34. The first kappa shape index (κ1) is 16.1. The number of hydrogen-bond acceptors (Lipinski definition) is 3. The van der Waals surface area contributed by atoms with Crippen molar-refractivity contribution >= 4 is 0 Å². The maximum absolute atomic E-state index is 14.4. The second kappa shape index (κ2) is 6.84. The minimum Gasteiger partial charge on any atom is -0.208 e. The fourth-order valence-corrected chi connectivity index (χ4v) is 2.74. The molecule has 1 aromatic heterocycles. The molecule has 3 aromatic carbocycles. The molecule has 0 atom stereocenters. The molecule has 1 heterocycles. The molecule has 0 unspecified atom stereocenters. The largest absolute Gasteiger partial charge is 0.208 e. The van der Waals surface area contributed by atoms with E-state index in [2.05, 4.69) is 15.0 Å². The van der Waals surface area contributed by atoms with Gasteiger partial charge in [-0.25, -0.2) is 19.3 Å². The van der Waals surface area contributed by atoms with Gasteiger partial charge < -0.3 is 0 Å². The number of rotatable bonds is 3. The summed E-state index contributed by atoms with van der Waals surface area (Å²) in [5, 5.41) is 0. The van der Waals surface area contributed by atoms with Crippen molar-refractivity contribution in [2.45, 2.75) is 6.92 Å². The van der Waals surface area contributed by atoms with E-state index in [4.69, 9.17) is 0 Å². The zero-order chi connectivity index (χ0) is 17.9. The highest BCUT2D eigenvalue weighted by atomic mass is 19.1. The zero-order valence-corrected chi connectivity index (χ0v) is 14.2. The van der Waals surface area contributed by atoms with E-state index in [1.807, 2.05) is 67.6 Å². The van der Waals surface area contributed by atoms with Crippen LogP contribution in [0.15, 0.2) is 78.9 Å². The van der Waals surface area contributed by atoms with Crippen LogP contribution in [0.25, 0.3) is 34.2 Å². The minimum absolute atomic E-state index is 0.332. The lowest BCUT2D eigenvalue weighted by atomic mass is 10.1. The third-order valence-corrected chi connectivity index (χ3v) is 4.06. The SMILES string of the molecule is Cc1ccc(F)c(-c2nc(-c3ccccc3)nc(-c3ccccc3)n2)c1. The molecule has 0 fully saturated rings. The van der Waals surface area contributed by atoms with Gasteiger partial charge in [0.1, 0.15) is 5.82 Å². The minimum atomic E-state index is -0.347. The molecular weight excluding hydrogens is 325 g/mol. The van der Waals surface area contributed by atoms with E-state index in [1.54, 1.807) is 12.1 Å². The summed E-state index contributed by atoms with van der Waals surface area (Å²) in [5.74, 6) is 1.03. The smallest absolute Gasteiger partial charge is 0.167 e. The number of nitrogens with zero attached hydrogens (tertiary/aromatic N) is 3. The molecule has 4 heteroatoms. The Bertz CT molecular complexity index is 990. The van der Waals surface area contributed by atoms with Gasteiger partial charge >= 0.3 is 0 Å². The van der Waals surface area contributed by atoms with Crippen molar-refractivity contribution in [3.63, 3.8) is 0 Å². The quantitative estimate of drug-likeness (QED) is 0.506. The molecule has 26 heavy (non-hydrogen) atoms. The van der Waals surface area contributed by atoms with Crippen LogP contribution >= 0.6 is 0 Å². The van der Waals surface area contributed by atoms with E-state index in [1.165, 1.54) is 6.07 Å². The molecule has 0 saturated carbocycles. The summed E-state index contributed by atoms with van der Waals surface area (Å²) in [6.07, 6.45) is 0. The molecule has 0 aliphatic carbocycles. The van der Waals surface area contributed by atoms with Crippen molar-refractivity contribution in [2.75, 3.05) is 0 Å². The lowest BCUT2D eigenvalue weighted by molar-refractivity contribution is 0.629. The van der Waals surface area contributed by atoms with Crippen molar-refractivity contribution in [3.8, 4) is 34.2 Å². The molecule has 0 saturated heterocycles. The molecule has 0 aliphatic rings. The van der Waals surface area contributed by atoms with Crippen LogP contribution in [0.2, 0.25) is 0 Å². The normalized spacial score (nSPS) is 10.7. The Kier molecular flexibility index (Phi) is 4.23. The van der Waals surface area contributed by atoms with E-state index in [0.717, 1.165) is 16.7 Å². The Hall–Kier alpha value is -3.40. The van der Waals surface area contributed by atoms with Gasteiger partial charge in [-0.3, -0.25) is 0 Å². The van der Waals surface area contributed by atoms with Gasteiger partial charge in [-0.2, -0.15) is 0 Å². The van der Waals surface area contributed by atoms with Gasteiger partial charge in [-0.1, -0.05) is 72.3 Å². The predicted molar refractivity (Wildman–Crippen MR) is 101 cm³/mol. The van der Waals surface area contributed by atoms with Gasteiger partial charge in [0.15, 0.2) is 17.5 Å². The van der Waals surface area contributed by atoms with E-state index < -0.39 is 0 Å². The van der Waals surface area contributed by atoms with Crippen LogP contribution in [0.1, 0.15) is 5.56 Å². The van der Waals surface area contributed by atoms with Crippen LogP contribution in [-0.4, -0.2) is 15.0 Å². The van der Waals surface area contributed by atoms with Crippen molar-refractivity contribution in [1.29, 1.82) is 0 Å². The second-order valence-corrected chi connectivity index (χ2v) is 6.02. The Morgan fingerprint density at radius 1 is 0.615 bits per heavy atom. The number of hydrogen-bond donors (Lipinski definition) is 0. The average Bonchev–Trinajstić information content (AvgIpc) is 2.71. The van der Waals surface area contributed by atoms with E-state index >= 15 is 0 Å². The highest BCUT2D eigenvalue weighted by molar-refractivity contribution is 5.66. The summed E-state index contributed by atoms with van der Waals surface area (Å²) < 4.78 is 14.4. The third-order valence-electron chi connectivity index (χ3n) is 4.06. The molecule has 0 spiro atoms. The fourth-order valence-electron chi connectivity index (χ4n) is 2.74. The molecular formula is C22H16FN3. The molecule has 4 aromatic rings. The predicted octanol–water partition coefficient (Wildman–Crippen LogP) is 5.32. The summed E-state index contributed by atoms with van der Waals surface area (Å²) in [5.41, 5.74) is 3.05. The zero-order valence-electron chi connectivity index (χ0n) is 14.2. The number of aromatic nitrogens is 3. The second-order valence-electron chi connectivity index (χ2n) is 6.02. The van der Waals surface area contributed by atoms with Gasteiger partial charge in [0.05, 0.1) is 5.56 Å². The first-order valence-electron chi connectivity index (χ1n) is 8.34. The Labute approximate surface area is 151 Å². The number of benzene rings is 3. The molecule has 0 amide bonds. The highest BCUT2D eigenvalue weighted by Crippen LogP contribution is 2.26. The van der Waals surface area contributed by atoms with Crippen molar-refractivity contribution in [2.24, 2.45) is 0 Å². The van der Waals surface area contributed by atoms with Crippen LogP contribution in [-0.2, 0) is 0 Å². The van der Waals surface area contributed by atoms with Gasteiger partial charge in [0.2, 0.25) is 0 Å². The first-order chi connectivity index (χ1) is 12.7. The molecule has 0 bridgehead atoms. The number of halogens is 1. The third kappa shape index (κ3) is 3.22. The summed E-state index contributed by atoms with van der Waals surface area (Å²) in [4.78, 5) is 13.7. The maximum Gasteiger partial charge on any atom is 0.167 e. The van der Waals surface area contributed by atoms with Crippen LogP contribution in [0, 0.1) is 12.7 Å². The standard InChI is InChI=1S/C22H16FN3/c1-15-12-13-19(23)18(14-15)22-25-20(16-8-4-2-5-9-16)24-21(26-22)17-10-6-3-7-11-17/h2-14H,1H3. The van der Waals surface area contributed by atoms with Crippen LogP contribution in [0.3, 0.4) is 0 Å². The van der Waals surface area contributed by atoms with E-state index in [-0.39, 0.29) is 5.82 Å². The van der Waals surface area contributed by atoms with Gasteiger partial charge in [0, 0.05) is 11.1 Å². The summed E-state index contributed by atoms with van der Waals surface area (Å²) in [7, 11) is 0. The Morgan fingerprint density at radius 3 is 1.65 bits per heavy atom. The van der Waals surface area contributed by atoms with Gasteiger partial charge in [0.25, 0.3) is 0 Å². The summed E-state index contributed by atoms with van der Waals surface area (Å²) in [6, 6.07) is 24.2. The van der Waals surface area contributed by atoms with Crippen molar-refractivity contribution in [3.05, 3.63) is 90.2 Å². The van der Waals surface area contributed by atoms with Crippen LogP contribution in [0.4, 0.5) is 4.39 Å². The van der Waals surface area contributed by atoms with Crippen LogP contribution in [0.5, 0.6) is 0 Å². The maximum atomic E-state index is 14.4. The lowest BCUT2D eigenvalue weighted by Gasteiger charge is -2.09. The Morgan fingerprint density at radius 2 is 1.12 bits per heavy atom. The van der Waals surface area contributed by atoms with E-state index in [9.17, 15) is 4.39 Å². The topological polar surface area (TPSA) is 38.7 Å². The van der Waals surface area contributed by atoms with Crippen molar-refractivity contribution in [1.82, 2.24) is 15.0 Å². The highest BCUT2D eigenvalue weighted by Gasteiger charge is 2.14. The van der Waals surface area contributed by atoms with Gasteiger partial charge in [-0.05, 0) is 19.1 Å². The Balaban J connectivity index is 1.95. The molecule has 4 rings (SSSR count). The fraction of sp³-hybridized carbons (Fsp3) is 0.0455. The molecule has 3 nitrogen and oxygen atoms in total. The molecule has 0 N–H and O–H groups in total. The molecule has 0 radical (unpaired) electrons. The van der Waals surface area contributed by atoms with Crippen LogP contribution < -0.4 is 0 Å².